The number of thiophene rings is 1. The van der Waals surface area contributed by atoms with E-state index in [1.54, 1.807) is 0 Å². The van der Waals surface area contributed by atoms with Crippen molar-refractivity contribution in [3.8, 4) is 0 Å². The van der Waals surface area contributed by atoms with Crippen molar-refractivity contribution in [3.63, 3.8) is 0 Å². The van der Waals surface area contributed by atoms with Crippen molar-refractivity contribution < 1.29 is 0 Å². The van der Waals surface area contributed by atoms with Gasteiger partial charge in [-0.05, 0) is 44.9 Å². The lowest BCUT2D eigenvalue weighted by Gasteiger charge is -2.26. The molecule has 0 aliphatic rings. The fourth-order valence-electron chi connectivity index (χ4n) is 2.42. The van der Waals surface area contributed by atoms with E-state index in [-0.39, 0.29) is 0 Å². The van der Waals surface area contributed by atoms with E-state index in [1.165, 1.54) is 21.7 Å². The molecule has 0 aliphatic heterocycles. The maximum absolute atomic E-state index is 3.50. The van der Waals surface area contributed by atoms with Crippen LogP contribution in [0.4, 0.5) is 0 Å². The Balaban J connectivity index is 2.58. The largest absolute Gasteiger partial charge is 0.310 e. The second kappa shape index (κ2) is 8.16. The summed E-state index contributed by atoms with van der Waals surface area (Å²) in [4.78, 5) is 5.40. The first-order chi connectivity index (χ1) is 9.29. The fraction of sp³-hybridized carbons (Fsp3) is 0.765. The molecule has 1 N–H and O–H groups in total. The lowest BCUT2D eigenvalue weighted by Crippen LogP contribution is -2.29. The van der Waals surface area contributed by atoms with Gasteiger partial charge in [-0.15, -0.1) is 11.3 Å². The van der Waals surface area contributed by atoms with Crippen molar-refractivity contribution in [2.75, 3.05) is 7.05 Å². The van der Waals surface area contributed by atoms with Crippen LogP contribution in [0.3, 0.4) is 0 Å². The lowest BCUT2D eigenvalue weighted by molar-refractivity contribution is 0.220. The molecule has 0 aliphatic carbocycles. The van der Waals surface area contributed by atoms with Gasteiger partial charge in [0.15, 0.2) is 0 Å². The molecule has 0 aromatic carbocycles. The van der Waals surface area contributed by atoms with Gasteiger partial charge in [0.25, 0.3) is 0 Å². The fourth-order valence-corrected chi connectivity index (χ4v) is 3.43. The van der Waals surface area contributed by atoms with Crippen LogP contribution in [0, 0.1) is 12.8 Å². The number of nitrogens with one attached hydrogen (secondary N) is 1. The average Bonchev–Trinajstić information content (AvgIpc) is 2.66. The summed E-state index contributed by atoms with van der Waals surface area (Å²) < 4.78 is 0. The van der Waals surface area contributed by atoms with E-state index in [0.717, 1.165) is 19.0 Å². The monoisotopic (exact) mass is 296 g/mol. The Morgan fingerprint density at radius 2 is 1.85 bits per heavy atom. The molecule has 1 rings (SSSR count). The molecule has 1 atom stereocenters. The zero-order valence-electron chi connectivity index (χ0n) is 14.3. The molecule has 0 spiro atoms. The van der Waals surface area contributed by atoms with Crippen LogP contribution in [0.1, 0.15) is 56.4 Å². The molecule has 3 heteroatoms. The standard InChI is InChI=1S/C17H32N2S/c1-12(2)8-14(5)19(7)11-16-9-17(20-15(16)6)10-18-13(3)4/h9,12-14,18H,8,10-11H2,1-7H3. The highest BCUT2D eigenvalue weighted by molar-refractivity contribution is 7.12. The second-order valence-electron chi connectivity index (χ2n) is 6.72. The van der Waals surface area contributed by atoms with Crippen molar-refractivity contribution in [1.82, 2.24) is 10.2 Å². The van der Waals surface area contributed by atoms with Crippen LogP contribution in [0.15, 0.2) is 6.07 Å². The summed E-state index contributed by atoms with van der Waals surface area (Å²) in [6, 6.07) is 3.58. The molecule has 2 nitrogen and oxygen atoms in total. The van der Waals surface area contributed by atoms with Crippen LogP contribution in [-0.4, -0.2) is 24.0 Å². The van der Waals surface area contributed by atoms with Gasteiger partial charge in [0.2, 0.25) is 0 Å². The molecule has 0 fully saturated rings. The van der Waals surface area contributed by atoms with E-state index in [4.69, 9.17) is 0 Å². The molecular weight excluding hydrogens is 264 g/mol. The molecule has 0 saturated carbocycles. The summed E-state index contributed by atoms with van der Waals surface area (Å²) >= 11 is 1.93. The summed E-state index contributed by atoms with van der Waals surface area (Å²) in [5.74, 6) is 0.766. The van der Waals surface area contributed by atoms with Gasteiger partial charge in [-0.3, -0.25) is 4.90 Å². The molecule has 1 aromatic rings. The van der Waals surface area contributed by atoms with Gasteiger partial charge in [0, 0.05) is 34.9 Å². The number of hydrogen-bond acceptors (Lipinski definition) is 3. The van der Waals surface area contributed by atoms with Crippen LogP contribution >= 0.6 is 11.3 Å². The maximum Gasteiger partial charge on any atom is 0.0302 e. The first-order valence-corrected chi connectivity index (χ1v) is 8.63. The van der Waals surface area contributed by atoms with E-state index < -0.39 is 0 Å². The van der Waals surface area contributed by atoms with Gasteiger partial charge in [0.05, 0.1) is 0 Å². The zero-order chi connectivity index (χ0) is 15.3. The summed E-state index contributed by atoms with van der Waals surface area (Å²) in [5.41, 5.74) is 1.49. The van der Waals surface area contributed by atoms with E-state index in [1.807, 2.05) is 11.3 Å². The number of nitrogens with zero attached hydrogens (tertiary/aromatic N) is 1. The average molecular weight is 297 g/mol. The minimum Gasteiger partial charge on any atom is -0.310 e. The van der Waals surface area contributed by atoms with Crippen molar-refractivity contribution in [3.05, 3.63) is 21.4 Å². The predicted molar refractivity (Wildman–Crippen MR) is 91.4 cm³/mol. The molecule has 0 radical (unpaired) electrons. The van der Waals surface area contributed by atoms with Gasteiger partial charge in [-0.25, -0.2) is 0 Å². The van der Waals surface area contributed by atoms with E-state index >= 15 is 0 Å². The van der Waals surface area contributed by atoms with Crippen molar-refractivity contribution in [2.24, 2.45) is 5.92 Å². The molecule has 0 amide bonds. The molecule has 1 heterocycles. The van der Waals surface area contributed by atoms with Crippen molar-refractivity contribution in [2.45, 2.75) is 73.1 Å². The van der Waals surface area contributed by atoms with Gasteiger partial charge in [-0.1, -0.05) is 27.7 Å². The summed E-state index contributed by atoms with van der Waals surface area (Å²) in [5, 5.41) is 3.50. The third-order valence-electron chi connectivity index (χ3n) is 3.74. The van der Waals surface area contributed by atoms with Crippen molar-refractivity contribution in [1.29, 1.82) is 0 Å². The Labute approximate surface area is 129 Å². The highest BCUT2D eigenvalue weighted by Gasteiger charge is 2.14. The number of rotatable bonds is 8. The molecule has 0 bridgehead atoms. The molecule has 116 valence electrons. The number of hydrogen-bond donors (Lipinski definition) is 1. The molecule has 1 unspecified atom stereocenters. The minimum atomic E-state index is 0.551. The zero-order valence-corrected chi connectivity index (χ0v) is 15.1. The van der Waals surface area contributed by atoms with E-state index in [2.05, 4.69) is 64.9 Å². The highest BCUT2D eigenvalue weighted by atomic mass is 32.1. The Morgan fingerprint density at radius 1 is 1.20 bits per heavy atom. The van der Waals surface area contributed by atoms with Crippen molar-refractivity contribution >= 4 is 11.3 Å². The Bertz CT molecular complexity index is 396. The first kappa shape index (κ1) is 17.7. The minimum absolute atomic E-state index is 0.551. The number of aryl methyl sites for hydroxylation is 1. The SMILES string of the molecule is Cc1sc(CNC(C)C)cc1CN(C)C(C)CC(C)C. The third-order valence-corrected chi connectivity index (χ3v) is 4.83. The summed E-state index contributed by atoms with van der Waals surface area (Å²) in [7, 11) is 2.25. The summed E-state index contributed by atoms with van der Waals surface area (Å²) in [6.45, 7) is 15.6. The molecule has 1 aromatic heterocycles. The third kappa shape index (κ3) is 5.94. The first-order valence-electron chi connectivity index (χ1n) is 7.81. The van der Waals surface area contributed by atoms with Gasteiger partial charge in [0.1, 0.15) is 0 Å². The van der Waals surface area contributed by atoms with Crippen LogP contribution in [0.25, 0.3) is 0 Å². The van der Waals surface area contributed by atoms with E-state index in [9.17, 15) is 0 Å². The molecule has 0 saturated heterocycles. The second-order valence-corrected chi connectivity index (χ2v) is 8.06. The Kier molecular flexibility index (Phi) is 7.21. The van der Waals surface area contributed by atoms with Crippen LogP contribution in [-0.2, 0) is 13.1 Å². The quantitative estimate of drug-likeness (QED) is 0.764. The topological polar surface area (TPSA) is 15.3 Å². The van der Waals surface area contributed by atoms with Gasteiger partial charge >= 0.3 is 0 Å². The Morgan fingerprint density at radius 3 is 2.40 bits per heavy atom. The highest BCUT2D eigenvalue weighted by Crippen LogP contribution is 2.24. The maximum atomic E-state index is 3.50. The van der Waals surface area contributed by atoms with Gasteiger partial charge in [-0.2, -0.15) is 0 Å². The predicted octanol–water partition coefficient (Wildman–Crippen LogP) is 4.42. The van der Waals surface area contributed by atoms with E-state index in [0.29, 0.717) is 12.1 Å². The normalized spacial score (nSPS) is 13.7. The van der Waals surface area contributed by atoms with Crippen LogP contribution < -0.4 is 5.32 Å². The Hall–Kier alpha value is -0.380. The molecular formula is C17H32N2S. The molecule has 20 heavy (non-hydrogen) atoms. The van der Waals surface area contributed by atoms with Gasteiger partial charge < -0.3 is 5.32 Å². The van der Waals surface area contributed by atoms with Crippen LogP contribution in [0.2, 0.25) is 0 Å². The van der Waals surface area contributed by atoms with Crippen LogP contribution in [0.5, 0.6) is 0 Å². The smallest absolute Gasteiger partial charge is 0.0302 e. The lowest BCUT2D eigenvalue weighted by atomic mass is 10.0. The summed E-state index contributed by atoms with van der Waals surface area (Å²) in [6.07, 6.45) is 1.27.